The normalized spacial score (nSPS) is 20.7. The van der Waals surface area contributed by atoms with Crippen LogP contribution >= 0.6 is 0 Å². The Hall–Kier alpha value is -2.41. The number of hydrogen-bond acceptors (Lipinski definition) is 7. The topological polar surface area (TPSA) is 66.4 Å². The Labute approximate surface area is 148 Å². The smallest absolute Gasteiger partial charge is 0.134 e. The fourth-order valence-corrected chi connectivity index (χ4v) is 3.40. The lowest BCUT2D eigenvalue weighted by Gasteiger charge is -2.28. The van der Waals surface area contributed by atoms with Gasteiger partial charge in [-0.25, -0.2) is 15.0 Å². The molecule has 2 fully saturated rings. The molecule has 4 heterocycles. The number of ether oxygens (including phenoxy) is 1. The van der Waals surface area contributed by atoms with Crippen molar-refractivity contribution in [1.29, 1.82) is 0 Å². The molecule has 4 rings (SSSR count). The first-order valence-electron chi connectivity index (χ1n) is 8.93. The van der Waals surface area contributed by atoms with Gasteiger partial charge in [0.15, 0.2) is 0 Å². The first-order chi connectivity index (χ1) is 12.4. The van der Waals surface area contributed by atoms with E-state index in [1.165, 1.54) is 0 Å². The lowest BCUT2D eigenvalue weighted by Crippen LogP contribution is -2.37. The van der Waals surface area contributed by atoms with Crippen LogP contribution in [-0.4, -0.2) is 60.9 Å². The predicted molar refractivity (Wildman–Crippen MR) is 98.1 cm³/mol. The molecule has 25 heavy (non-hydrogen) atoms. The highest BCUT2D eigenvalue weighted by molar-refractivity contribution is 5.51. The maximum absolute atomic E-state index is 5.42. The van der Waals surface area contributed by atoms with Crippen molar-refractivity contribution < 1.29 is 4.74 Å². The number of anilines is 3. The lowest BCUT2D eigenvalue weighted by molar-refractivity contribution is 0.122. The summed E-state index contributed by atoms with van der Waals surface area (Å²) < 4.78 is 5.42. The third-order valence-corrected chi connectivity index (χ3v) is 4.82. The van der Waals surface area contributed by atoms with Crippen molar-refractivity contribution in [2.75, 3.05) is 61.1 Å². The second kappa shape index (κ2) is 7.65. The average molecular weight is 340 g/mol. The standard InChI is InChI=1S/C18H24N6O/c1-2-5-19-16(3-1)20-12-15-4-6-24(13-15)18-11-17(21-14-22-18)23-7-9-25-10-8-23/h1-3,5,11,14-15H,4,6-10,12-13H2,(H,19,20). The molecule has 2 saturated heterocycles. The van der Waals surface area contributed by atoms with E-state index in [0.717, 1.165) is 69.8 Å². The number of aromatic nitrogens is 3. The van der Waals surface area contributed by atoms with Gasteiger partial charge in [0.1, 0.15) is 23.8 Å². The fourth-order valence-electron chi connectivity index (χ4n) is 3.40. The Morgan fingerprint density at radius 1 is 1.04 bits per heavy atom. The zero-order valence-corrected chi connectivity index (χ0v) is 14.3. The molecule has 0 amide bonds. The molecule has 0 aromatic carbocycles. The van der Waals surface area contributed by atoms with Crippen LogP contribution in [0, 0.1) is 5.92 Å². The van der Waals surface area contributed by atoms with Gasteiger partial charge in [-0.3, -0.25) is 0 Å². The summed E-state index contributed by atoms with van der Waals surface area (Å²) in [5.41, 5.74) is 0. The summed E-state index contributed by atoms with van der Waals surface area (Å²) in [4.78, 5) is 17.9. The molecule has 0 aliphatic carbocycles. The van der Waals surface area contributed by atoms with Crippen molar-refractivity contribution in [3.05, 3.63) is 36.8 Å². The summed E-state index contributed by atoms with van der Waals surface area (Å²) >= 11 is 0. The maximum Gasteiger partial charge on any atom is 0.134 e. The number of nitrogens with one attached hydrogen (secondary N) is 1. The van der Waals surface area contributed by atoms with Gasteiger partial charge in [0.25, 0.3) is 0 Å². The van der Waals surface area contributed by atoms with E-state index in [1.807, 2.05) is 24.4 Å². The molecule has 1 N–H and O–H groups in total. The molecule has 0 saturated carbocycles. The molecule has 0 spiro atoms. The largest absolute Gasteiger partial charge is 0.378 e. The number of pyridine rings is 1. The van der Waals surface area contributed by atoms with E-state index in [9.17, 15) is 0 Å². The van der Waals surface area contributed by atoms with E-state index in [0.29, 0.717) is 5.92 Å². The Balaban J connectivity index is 1.35. The molecule has 2 aliphatic rings. The monoisotopic (exact) mass is 340 g/mol. The minimum atomic E-state index is 0.601. The van der Waals surface area contributed by atoms with Crippen LogP contribution in [0.5, 0.6) is 0 Å². The Morgan fingerprint density at radius 3 is 2.68 bits per heavy atom. The average Bonchev–Trinajstić information content (AvgIpc) is 3.17. The SMILES string of the molecule is c1ccc(NCC2CCN(c3cc(N4CCOCC4)ncn3)C2)nc1. The summed E-state index contributed by atoms with van der Waals surface area (Å²) in [7, 11) is 0. The van der Waals surface area contributed by atoms with Crippen LogP contribution in [-0.2, 0) is 4.74 Å². The molecule has 7 heteroatoms. The number of nitrogens with zero attached hydrogens (tertiary/aromatic N) is 5. The minimum Gasteiger partial charge on any atom is -0.378 e. The van der Waals surface area contributed by atoms with Crippen molar-refractivity contribution in [3.8, 4) is 0 Å². The fraction of sp³-hybridized carbons (Fsp3) is 0.500. The number of morpholine rings is 1. The third kappa shape index (κ3) is 3.99. The second-order valence-electron chi connectivity index (χ2n) is 6.53. The van der Waals surface area contributed by atoms with E-state index in [4.69, 9.17) is 4.74 Å². The third-order valence-electron chi connectivity index (χ3n) is 4.82. The number of rotatable bonds is 5. The second-order valence-corrected chi connectivity index (χ2v) is 6.53. The Bertz CT molecular complexity index is 676. The molecular weight excluding hydrogens is 316 g/mol. The molecule has 0 bridgehead atoms. The first kappa shape index (κ1) is 16.1. The summed E-state index contributed by atoms with van der Waals surface area (Å²) in [5.74, 6) is 3.57. The molecule has 1 unspecified atom stereocenters. The van der Waals surface area contributed by atoms with Crippen molar-refractivity contribution in [2.24, 2.45) is 5.92 Å². The van der Waals surface area contributed by atoms with Crippen LogP contribution < -0.4 is 15.1 Å². The molecule has 2 aromatic heterocycles. The van der Waals surface area contributed by atoms with Crippen LogP contribution in [0.3, 0.4) is 0 Å². The molecule has 0 radical (unpaired) electrons. The Morgan fingerprint density at radius 2 is 1.88 bits per heavy atom. The maximum atomic E-state index is 5.42. The van der Waals surface area contributed by atoms with Crippen LogP contribution in [0.1, 0.15) is 6.42 Å². The highest BCUT2D eigenvalue weighted by Crippen LogP contribution is 2.25. The van der Waals surface area contributed by atoms with Crippen LogP contribution in [0.2, 0.25) is 0 Å². The van der Waals surface area contributed by atoms with E-state index in [-0.39, 0.29) is 0 Å². The van der Waals surface area contributed by atoms with Gasteiger partial charge in [-0.2, -0.15) is 0 Å². The van der Waals surface area contributed by atoms with Gasteiger partial charge >= 0.3 is 0 Å². The van der Waals surface area contributed by atoms with E-state index in [1.54, 1.807) is 6.33 Å². The summed E-state index contributed by atoms with van der Waals surface area (Å²) in [6.45, 7) is 6.32. The minimum absolute atomic E-state index is 0.601. The quantitative estimate of drug-likeness (QED) is 0.887. The van der Waals surface area contributed by atoms with E-state index in [2.05, 4.69) is 36.1 Å². The lowest BCUT2D eigenvalue weighted by atomic mass is 10.1. The Kier molecular flexibility index (Phi) is 4.92. The molecule has 1 atom stereocenters. The van der Waals surface area contributed by atoms with Gasteiger partial charge in [-0.05, 0) is 24.5 Å². The molecular formula is C18H24N6O. The van der Waals surface area contributed by atoms with Crippen molar-refractivity contribution in [1.82, 2.24) is 15.0 Å². The van der Waals surface area contributed by atoms with Gasteiger partial charge in [0.05, 0.1) is 13.2 Å². The van der Waals surface area contributed by atoms with Crippen molar-refractivity contribution >= 4 is 17.5 Å². The zero-order valence-electron chi connectivity index (χ0n) is 14.3. The highest BCUT2D eigenvalue weighted by atomic mass is 16.5. The van der Waals surface area contributed by atoms with Crippen LogP contribution in [0.15, 0.2) is 36.8 Å². The summed E-state index contributed by atoms with van der Waals surface area (Å²) in [6, 6.07) is 8.06. The van der Waals surface area contributed by atoms with Gasteiger partial charge in [-0.1, -0.05) is 6.07 Å². The van der Waals surface area contributed by atoms with Crippen molar-refractivity contribution in [2.45, 2.75) is 6.42 Å². The molecule has 2 aliphatic heterocycles. The van der Waals surface area contributed by atoms with E-state index < -0.39 is 0 Å². The van der Waals surface area contributed by atoms with Crippen LogP contribution in [0.4, 0.5) is 17.5 Å². The number of hydrogen-bond donors (Lipinski definition) is 1. The molecule has 2 aromatic rings. The van der Waals surface area contributed by atoms with E-state index >= 15 is 0 Å². The predicted octanol–water partition coefficient (Wildman–Crippen LogP) is 1.65. The first-order valence-corrected chi connectivity index (χ1v) is 8.93. The van der Waals surface area contributed by atoms with Crippen LogP contribution in [0.25, 0.3) is 0 Å². The molecule has 7 nitrogen and oxygen atoms in total. The molecule has 132 valence electrons. The van der Waals surface area contributed by atoms with Gasteiger partial charge < -0.3 is 19.9 Å². The highest BCUT2D eigenvalue weighted by Gasteiger charge is 2.24. The zero-order chi connectivity index (χ0) is 16.9. The van der Waals surface area contributed by atoms with Gasteiger partial charge in [0, 0.05) is 45.0 Å². The summed E-state index contributed by atoms with van der Waals surface area (Å²) in [5, 5.41) is 3.43. The summed E-state index contributed by atoms with van der Waals surface area (Å²) in [6.07, 6.45) is 4.66. The van der Waals surface area contributed by atoms with Gasteiger partial charge in [0.2, 0.25) is 0 Å². The van der Waals surface area contributed by atoms with Crippen molar-refractivity contribution in [3.63, 3.8) is 0 Å². The van der Waals surface area contributed by atoms with Gasteiger partial charge in [-0.15, -0.1) is 0 Å².